The molecule has 0 aliphatic heterocycles. The molecule has 0 radical (unpaired) electrons. The van der Waals surface area contributed by atoms with Crippen molar-refractivity contribution >= 4 is 0 Å². The summed E-state index contributed by atoms with van der Waals surface area (Å²) in [5, 5.41) is 3.23. The molecule has 0 saturated heterocycles. The Hall–Kier alpha value is -0.870. The lowest BCUT2D eigenvalue weighted by molar-refractivity contribution is 0.0603. The summed E-state index contributed by atoms with van der Waals surface area (Å²) in [6.07, 6.45) is 4.08. The highest BCUT2D eigenvalue weighted by molar-refractivity contribution is 4.99. The number of likely N-dealkylation sites (N-methyl/N-ethyl adjacent to an activating group) is 1. The first kappa shape index (κ1) is 12.2. The topological polar surface area (TPSA) is 39.1 Å². The number of aromatic nitrogens is 2. The van der Waals surface area contributed by atoms with E-state index in [0.29, 0.717) is 6.61 Å². The molecule has 1 aromatic heterocycles. The van der Waals surface area contributed by atoms with Crippen molar-refractivity contribution < 1.29 is 4.74 Å². The van der Waals surface area contributed by atoms with E-state index in [4.69, 9.17) is 4.74 Å². The highest BCUT2D eigenvalue weighted by Crippen LogP contribution is 2.11. The second kappa shape index (κ2) is 5.88. The summed E-state index contributed by atoms with van der Waals surface area (Å²) < 4.78 is 7.73. The lowest BCUT2D eigenvalue weighted by Crippen LogP contribution is -2.26. The molecular formula is C11H21N3O. The van der Waals surface area contributed by atoms with Crippen molar-refractivity contribution in [1.82, 2.24) is 14.9 Å². The van der Waals surface area contributed by atoms with Crippen LogP contribution in [-0.4, -0.2) is 29.3 Å². The maximum atomic E-state index is 5.60. The van der Waals surface area contributed by atoms with Crippen molar-refractivity contribution in [1.29, 1.82) is 0 Å². The second-order valence-corrected chi connectivity index (χ2v) is 3.79. The van der Waals surface area contributed by atoms with Gasteiger partial charge in [0.05, 0.1) is 18.8 Å². The molecule has 1 unspecified atom stereocenters. The molecule has 0 fully saturated rings. The van der Waals surface area contributed by atoms with Crippen molar-refractivity contribution in [3.05, 3.63) is 18.2 Å². The van der Waals surface area contributed by atoms with E-state index in [1.165, 1.54) is 0 Å². The van der Waals surface area contributed by atoms with Gasteiger partial charge in [0, 0.05) is 18.9 Å². The van der Waals surface area contributed by atoms with Crippen molar-refractivity contribution in [2.45, 2.75) is 39.5 Å². The molecule has 0 amide bonds. The summed E-state index contributed by atoms with van der Waals surface area (Å²) in [6, 6.07) is 0.169. The van der Waals surface area contributed by atoms with Crippen LogP contribution in [0.15, 0.2) is 12.4 Å². The van der Waals surface area contributed by atoms with E-state index in [1.54, 1.807) is 0 Å². The molecule has 0 aliphatic rings. The van der Waals surface area contributed by atoms with Gasteiger partial charge in [-0.25, -0.2) is 4.98 Å². The van der Waals surface area contributed by atoms with E-state index in [0.717, 1.165) is 12.4 Å². The molecule has 0 saturated carbocycles. The fourth-order valence-corrected chi connectivity index (χ4v) is 1.47. The summed E-state index contributed by atoms with van der Waals surface area (Å²) >= 11 is 0. The third-order valence-corrected chi connectivity index (χ3v) is 2.34. The number of ether oxygens (including phenoxy) is 1. The summed E-state index contributed by atoms with van der Waals surface area (Å²) in [6.45, 7) is 7.79. The Labute approximate surface area is 91.7 Å². The fraction of sp³-hybridized carbons (Fsp3) is 0.727. The van der Waals surface area contributed by atoms with Gasteiger partial charge in [-0.3, -0.25) is 0 Å². The normalized spacial score (nSPS) is 13.4. The highest BCUT2D eigenvalue weighted by atomic mass is 16.5. The van der Waals surface area contributed by atoms with Crippen molar-refractivity contribution in [3.63, 3.8) is 0 Å². The largest absolute Gasteiger partial charge is 0.377 e. The van der Waals surface area contributed by atoms with Gasteiger partial charge in [0.2, 0.25) is 0 Å². The van der Waals surface area contributed by atoms with Crippen LogP contribution in [0, 0.1) is 0 Å². The molecule has 0 aromatic carbocycles. The van der Waals surface area contributed by atoms with Gasteiger partial charge >= 0.3 is 0 Å². The number of hydrogen-bond acceptors (Lipinski definition) is 3. The first-order valence-corrected chi connectivity index (χ1v) is 5.48. The fourth-order valence-electron chi connectivity index (χ4n) is 1.47. The van der Waals surface area contributed by atoms with Gasteiger partial charge in [0.25, 0.3) is 0 Å². The maximum absolute atomic E-state index is 5.60. The Morgan fingerprint density at radius 3 is 2.80 bits per heavy atom. The van der Waals surface area contributed by atoms with Gasteiger partial charge in [-0.2, -0.15) is 0 Å². The van der Waals surface area contributed by atoms with Gasteiger partial charge < -0.3 is 14.6 Å². The predicted octanol–water partition coefficient (Wildman–Crippen LogP) is 1.59. The number of rotatable bonds is 6. The summed E-state index contributed by atoms with van der Waals surface area (Å²) in [5.74, 6) is 1.04. The Kier molecular flexibility index (Phi) is 4.78. The molecule has 1 atom stereocenters. The van der Waals surface area contributed by atoms with Gasteiger partial charge in [-0.05, 0) is 27.8 Å². The Morgan fingerprint density at radius 1 is 1.53 bits per heavy atom. The van der Waals surface area contributed by atoms with E-state index in [9.17, 15) is 0 Å². The van der Waals surface area contributed by atoms with Gasteiger partial charge in [0.1, 0.15) is 5.82 Å². The van der Waals surface area contributed by atoms with Crippen LogP contribution in [0.1, 0.15) is 32.6 Å². The van der Waals surface area contributed by atoms with Crippen LogP contribution < -0.4 is 5.32 Å². The van der Waals surface area contributed by atoms with E-state index >= 15 is 0 Å². The molecule has 4 nitrogen and oxygen atoms in total. The van der Waals surface area contributed by atoms with E-state index in [1.807, 2.05) is 33.3 Å². The van der Waals surface area contributed by atoms with Crippen LogP contribution in [0.2, 0.25) is 0 Å². The number of hydrogen-bond donors (Lipinski definition) is 1. The Bertz CT molecular complexity index is 283. The summed E-state index contributed by atoms with van der Waals surface area (Å²) in [4.78, 5) is 4.36. The molecule has 1 N–H and O–H groups in total. The number of aryl methyl sites for hydroxylation is 1. The quantitative estimate of drug-likeness (QED) is 0.776. The molecule has 0 aliphatic carbocycles. The van der Waals surface area contributed by atoms with Crippen molar-refractivity contribution in [2.24, 2.45) is 0 Å². The van der Waals surface area contributed by atoms with Crippen LogP contribution >= 0.6 is 0 Å². The highest BCUT2D eigenvalue weighted by Gasteiger charge is 2.15. The summed E-state index contributed by atoms with van der Waals surface area (Å²) in [7, 11) is 1.93. The van der Waals surface area contributed by atoms with Gasteiger partial charge in [-0.1, -0.05) is 0 Å². The maximum Gasteiger partial charge on any atom is 0.128 e. The Morgan fingerprint density at radius 2 is 2.27 bits per heavy atom. The van der Waals surface area contributed by atoms with Gasteiger partial charge in [-0.15, -0.1) is 0 Å². The number of nitrogens with zero attached hydrogens (tertiary/aromatic N) is 2. The minimum absolute atomic E-state index is 0.169. The second-order valence-electron chi connectivity index (χ2n) is 3.79. The first-order valence-electron chi connectivity index (χ1n) is 5.48. The van der Waals surface area contributed by atoms with Crippen molar-refractivity contribution in [3.8, 4) is 0 Å². The zero-order valence-corrected chi connectivity index (χ0v) is 10.0. The zero-order valence-electron chi connectivity index (χ0n) is 10.0. The molecule has 1 rings (SSSR count). The van der Waals surface area contributed by atoms with Crippen LogP contribution in [-0.2, 0) is 11.3 Å². The molecular weight excluding hydrogens is 190 g/mol. The molecule has 0 spiro atoms. The molecule has 15 heavy (non-hydrogen) atoms. The molecule has 4 heteroatoms. The molecule has 86 valence electrons. The average Bonchev–Trinajstić information content (AvgIpc) is 2.66. The van der Waals surface area contributed by atoms with Crippen LogP contribution in [0.3, 0.4) is 0 Å². The molecule has 1 aromatic rings. The zero-order chi connectivity index (χ0) is 11.3. The van der Waals surface area contributed by atoms with Gasteiger partial charge in [0.15, 0.2) is 0 Å². The number of imidazole rings is 1. The smallest absolute Gasteiger partial charge is 0.128 e. The average molecular weight is 211 g/mol. The first-order chi connectivity index (χ1) is 7.19. The SMILES string of the molecule is CCn1ccnc1C(COC(C)C)NC. The van der Waals surface area contributed by atoms with Crippen LogP contribution in [0.25, 0.3) is 0 Å². The summed E-state index contributed by atoms with van der Waals surface area (Å²) in [5.41, 5.74) is 0. The Balaban J connectivity index is 2.65. The predicted molar refractivity (Wildman–Crippen MR) is 60.8 cm³/mol. The lowest BCUT2D eigenvalue weighted by atomic mass is 10.3. The minimum Gasteiger partial charge on any atom is -0.377 e. The van der Waals surface area contributed by atoms with E-state index in [2.05, 4.69) is 21.8 Å². The monoisotopic (exact) mass is 211 g/mol. The minimum atomic E-state index is 0.169. The lowest BCUT2D eigenvalue weighted by Gasteiger charge is -2.18. The third kappa shape index (κ3) is 3.32. The van der Waals surface area contributed by atoms with Crippen molar-refractivity contribution in [2.75, 3.05) is 13.7 Å². The van der Waals surface area contributed by atoms with E-state index in [-0.39, 0.29) is 12.1 Å². The standard InChI is InChI=1S/C11H21N3O/c1-5-14-7-6-13-11(14)10(12-4)8-15-9(2)3/h6-7,9-10,12H,5,8H2,1-4H3. The third-order valence-electron chi connectivity index (χ3n) is 2.34. The van der Waals surface area contributed by atoms with E-state index < -0.39 is 0 Å². The number of nitrogens with one attached hydrogen (secondary N) is 1. The molecule has 1 heterocycles. The molecule has 0 bridgehead atoms. The van der Waals surface area contributed by atoms with Crippen LogP contribution in [0.4, 0.5) is 0 Å². The van der Waals surface area contributed by atoms with Crippen LogP contribution in [0.5, 0.6) is 0 Å².